The average molecular weight is 259 g/mol. The molecular weight excluding hydrogens is 246 g/mol. The quantitative estimate of drug-likeness (QED) is 0.736. The van der Waals surface area contributed by atoms with Crippen LogP contribution in [0.4, 0.5) is 5.69 Å². The molecule has 0 aliphatic rings. The van der Waals surface area contributed by atoms with Crippen LogP contribution in [-0.2, 0) is 11.3 Å². The summed E-state index contributed by atoms with van der Waals surface area (Å²) in [6.07, 6.45) is 4.04. The first-order valence-corrected chi connectivity index (χ1v) is 6.41. The lowest BCUT2D eigenvalue weighted by atomic mass is 10.1. The van der Waals surface area contributed by atoms with Gasteiger partial charge in [0.15, 0.2) is 4.96 Å². The molecule has 0 spiro atoms. The molecule has 0 radical (unpaired) electrons. The Labute approximate surface area is 109 Å². The molecule has 2 aromatic heterocycles. The van der Waals surface area contributed by atoms with Gasteiger partial charge in [-0.25, -0.2) is 4.98 Å². The average Bonchev–Trinajstić information content (AvgIpc) is 2.88. The van der Waals surface area contributed by atoms with Crippen molar-refractivity contribution in [3.05, 3.63) is 42.4 Å². The van der Waals surface area contributed by atoms with Crippen LogP contribution in [0.2, 0.25) is 0 Å². The summed E-state index contributed by atoms with van der Waals surface area (Å²) in [5.74, 6) is 0. The number of nitrogens with zero attached hydrogens (tertiary/aromatic N) is 2. The summed E-state index contributed by atoms with van der Waals surface area (Å²) in [6, 6.07) is 7.86. The molecule has 2 heterocycles. The van der Waals surface area contributed by atoms with Crippen molar-refractivity contribution in [1.29, 1.82) is 0 Å². The minimum Gasteiger partial charge on any atom is -0.398 e. The van der Waals surface area contributed by atoms with E-state index in [1.807, 2.05) is 34.9 Å². The van der Waals surface area contributed by atoms with Crippen LogP contribution in [0.1, 0.15) is 5.69 Å². The van der Waals surface area contributed by atoms with E-state index in [9.17, 15) is 0 Å². The van der Waals surface area contributed by atoms with E-state index in [0.717, 1.165) is 26.8 Å². The van der Waals surface area contributed by atoms with Gasteiger partial charge in [0.25, 0.3) is 0 Å². The predicted molar refractivity (Wildman–Crippen MR) is 73.6 cm³/mol. The third kappa shape index (κ3) is 1.87. The van der Waals surface area contributed by atoms with Crippen LogP contribution in [-0.4, -0.2) is 16.5 Å². The van der Waals surface area contributed by atoms with Gasteiger partial charge in [-0.05, 0) is 6.07 Å². The van der Waals surface area contributed by atoms with Crippen LogP contribution in [0, 0.1) is 0 Å². The van der Waals surface area contributed by atoms with Gasteiger partial charge >= 0.3 is 0 Å². The lowest BCUT2D eigenvalue weighted by Gasteiger charge is -2.00. The van der Waals surface area contributed by atoms with E-state index in [4.69, 9.17) is 10.5 Å². The number of para-hydroxylation sites is 1. The van der Waals surface area contributed by atoms with Crippen molar-refractivity contribution in [1.82, 2.24) is 9.38 Å². The number of nitrogens with two attached hydrogens (primary N) is 1. The smallest absolute Gasteiger partial charge is 0.194 e. The highest BCUT2D eigenvalue weighted by Crippen LogP contribution is 2.32. The molecule has 0 saturated carbocycles. The van der Waals surface area contributed by atoms with Crippen molar-refractivity contribution in [2.45, 2.75) is 6.61 Å². The predicted octanol–water partition coefficient (Wildman–Crippen LogP) is 2.79. The monoisotopic (exact) mass is 259 g/mol. The van der Waals surface area contributed by atoms with Crippen molar-refractivity contribution in [3.63, 3.8) is 0 Å². The lowest BCUT2D eigenvalue weighted by Crippen LogP contribution is -1.87. The summed E-state index contributed by atoms with van der Waals surface area (Å²) in [5.41, 5.74) is 8.77. The fourth-order valence-electron chi connectivity index (χ4n) is 1.91. The second-order valence-electron chi connectivity index (χ2n) is 4.04. The Morgan fingerprint density at radius 1 is 1.33 bits per heavy atom. The van der Waals surface area contributed by atoms with E-state index < -0.39 is 0 Å². The second-order valence-corrected chi connectivity index (χ2v) is 5.05. The van der Waals surface area contributed by atoms with Crippen molar-refractivity contribution in [2.24, 2.45) is 0 Å². The number of nitrogen functional groups attached to an aromatic ring is 1. The highest BCUT2D eigenvalue weighted by molar-refractivity contribution is 7.20. The highest BCUT2D eigenvalue weighted by atomic mass is 32.1. The van der Waals surface area contributed by atoms with E-state index in [0.29, 0.717) is 6.61 Å². The maximum atomic E-state index is 5.98. The summed E-state index contributed by atoms with van der Waals surface area (Å²) >= 11 is 1.63. The lowest BCUT2D eigenvalue weighted by molar-refractivity contribution is 0.182. The van der Waals surface area contributed by atoms with Gasteiger partial charge in [0.05, 0.1) is 17.2 Å². The molecule has 0 aliphatic heterocycles. The number of methoxy groups -OCH3 is 1. The first-order valence-electron chi connectivity index (χ1n) is 5.59. The van der Waals surface area contributed by atoms with Gasteiger partial charge in [-0.2, -0.15) is 0 Å². The Kier molecular flexibility index (Phi) is 2.77. The first-order chi connectivity index (χ1) is 8.78. The fraction of sp³-hybridized carbons (Fsp3) is 0.154. The van der Waals surface area contributed by atoms with Crippen LogP contribution >= 0.6 is 11.3 Å². The van der Waals surface area contributed by atoms with E-state index in [1.165, 1.54) is 0 Å². The van der Waals surface area contributed by atoms with Crippen LogP contribution in [0.15, 0.2) is 36.7 Å². The molecular formula is C13H13N3OS. The largest absolute Gasteiger partial charge is 0.398 e. The Balaban J connectivity index is 2.04. The van der Waals surface area contributed by atoms with Gasteiger partial charge in [0, 0.05) is 30.8 Å². The molecule has 3 aromatic rings. The number of benzene rings is 1. The number of rotatable bonds is 3. The number of hydrogen-bond donors (Lipinski definition) is 1. The molecule has 0 aliphatic carbocycles. The summed E-state index contributed by atoms with van der Waals surface area (Å²) < 4.78 is 7.08. The molecule has 0 saturated heterocycles. The van der Waals surface area contributed by atoms with Crippen LogP contribution in [0.25, 0.3) is 15.4 Å². The Morgan fingerprint density at radius 2 is 2.17 bits per heavy atom. The standard InChI is InChI=1S/C13H13N3OS/c1-17-8-9-6-16-7-12(18-13(16)15-9)10-4-2-3-5-11(10)14/h2-7H,8,14H2,1H3. The minimum absolute atomic E-state index is 0.539. The zero-order chi connectivity index (χ0) is 12.5. The zero-order valence-corrected chi connectivity index (χ0v) is 10.8. The van der Waals surface area contributed by atoms with Gasteiger partial charge in [0.2, 0.25) is 0 Å². The molecule has 0 atom stereocenters. The summed E-state index contributed by atoms with van der Waals surface area (Å²) in [6.45, 7) is 0.539. The molecule has 5 heteroatoms. The molecule has 4 nitrogen and oxygen atoms in total. The van der Waals surface area contributed by atoms with Crippen molar-refractivity contribution in [3.8, 4) is 10.4 Å². The van der Waals surface area contributed by atoms with Crippen LogP contribution < -0.4 is 5.73 Å². The van der Waals surface area contributed by atoms with E-state index in [1.54, 1.807) is 18.4 Å². The maximum Gasteiger partial charge on any atom is 0.194 e. The first kappa shape index (κ1) is 11.3. The number of imidazole rings is 1. The number of aromatic nitrogens is 2. The Morgan fingerprint density at radius 3 is 2.89 bits per heavy atom. The topological polar surface area (TPSA) is 52.5 Å². The summed E-state index contributed by atoms with van der Waals surface area (Å²) in [4.78, 5) is 6.58. The van der Waals surface area contributed by atoms with Gasteiger partial charge in [-0.1, -0.05) is 29.5 Å². The van der Waals surface area contributed by atoms with Crippen LogP contribution in [0.5, 0.6) is 0 Å². The normalized spacial score (nSPS) is 11.2. The van der Waals surface area contributed by atoms with Crippen molar-refractivity contribution < 1.29 is 4.74 Å². The molecule has 92 valence electrons. The third-order valence-electron chi connectivity index (χ3n) is 2.72. The van der Waals surface area contributed by atoms with E-state index >= 15 is 0 Å². The van der Waals surface area contributed by atoms with Gasteiger partial charge in [0.1, 0.15) is 0 Å². The molecule has 18 heavy (non-hydrogen) atoms. The number of anilines is 1. The van der Waals surface area contributed by atoms with Crippen LogP contribution in [0.3, 0.4) is 0 Å². The molecule has 0 fully saturated rings. The number of fused-ring (bicyclic) bond motifs is 1. The van der Waals surface area contributed by atoms with Gasteiger partial charge in [-0.3, -0.25) is 4.40 Å². The molecule has 3 rings (SSSR count). The maximum absolute atomic E-state index is 5.98. The van der Waals surface area contributed by atoms with Gasteiger partial charge in [-0.15, -0.1) is 0 Å². The fourth-order valence-corrected chi connectivity index (χ4v) is 2.94. The minimum atomic E-state index is 0.539. The Bertz CT molecular complexity index is 655. The van der Waals surface area contributed by atoms with E-state index in [2.05, 4.69) is 11.2 Å². The molecule has 0 amide bonds. The zero-order valence-electron chi connectivity index (χ0n) is 9.96. The second kappa shape index (κ2) is 4.44. The summed E-state index contributed by atoms with van der Waals surface area (Å²) in [7, 11) is 1.67. The number of hydrogen-bond acceptors (Lipinski definition) is 4. The van der Waals surface area contributed by atoms with Crippen molar-refractivity contribution in [2.75, 3.05) is 12.8 Å². The molecule has 1 aromatic carbocycles. The number of ether oxygens (including phenoxy) is 1. The molecule has 0 bridgehead atoms. The highest BCUT2D eigenvalue weighted by Gasteiger charge is 2.09. The number of thiazole rings is 1. The van der Waals surface area contributed by atoms with E-state index in [-0.39, 0.29) is 0 Å². The Hall–Kier alpha value is -1.85. The van der Waals surface area contributed by atoms with Crippen molar-refractivity contribution >= 4 is 22.0 Å². The third-order valence-corrected chi connectivity index (χ3v) is 3.75. The molecule has 2 N–H and O–H groups in total. The summed E-state index contributed by atoms with van der Waals surface area (Å²) in [5, 5.41) is 0. The van der Waals surface area contributed by atoms with Gasteiger partial charge < -0.3 is 10.5 Å². The SMILES string of the molecule is COCc1cn2cc(-c3ccccc3N)sc2n1. The molecule has 0 unspecified atom stereocenters.